The number of hydrogen-bond acceptors (Lipinski definition) is 2. The summed E-state index contributed by atoms with van der Waals surface area (Å²) in [5, 5.41) is 1.16. The molecule has 0 aliphatic rings. The van der Waals surface area contributed by atoms with Gasteiger partial charge in [-0.05, 0) is 24.1 Å². The lowest BCUT2D eigenvalue weighted by Crippen LogP contribution is -1.98. The minimum Gasteiger partial charge on any atom is -0.383 e. The maximum atomic E-state index is 6.11. The minimum absolute atomic E-state index is 0.595. The van der Waals surface area contributed by atoms with E-state index in [1.54, 1.807) is 0 Å². The molecule has 0 amide bonds. The third-order valence-electron chi connectivity index (χ3n) is 3.24. The molecule has 0 saturated carbocycles. The molecule has 2 heteroatoms. The van der Waals surface area contributed by atoms with Gasteiger partial charge in [0.25, 0.3) is 0 Å². The van der Waals surface area contributed by atoms with Crippen LogP contribution in [0.1, 0.15) is 5.56 Å². The van der Waals surface area contributed by atoms with E-state index in [0.29, 0.717) is 5.82 Å². The zero-order chi connectivity index (χ0) is 12.5. The Kier molecular flexibility index (Phi) is 2.49. The second-order valence-electron chi connectivity index (χ2n) is 4.38. The molecule has 0 unspecified atom stereocenters. The fourth-order valence-electron chi connectivity index (χ4n) is 2.37. The minimum atomic E-state index is 0.595. The molecule has 1 aromatic heterocycles. The van der Waals surface area contributed by atoms with Gasteiger partial charge >= 0.3 is 0 Å². The summed E-state index contributed by atoms with van der Waals surface area (Å²) in [4.78, 5) is 4.49. The summed E-state index contributed by atoms with van der Waals surface area (Å²) >= 11 is 0. The van der Waals surface area contributed by atoms with Gasteiger partial charge in [0, 0.05) is 10.9 Å². The van der Waals surface area contributed by atoms with Gasteiger partial charge in [-0.3, -0.25) is 0 Å². The van der Waals surface area contributed by atoms with E-state index >= 15 is 0 Å². The van der Waals surface area contributed by atoms with Crippen LogP contribution in [-0.2, 0) is 0 Å². The number of benzene rings is 2. The van der Waals surface area contributed by atoms with Crippen molar-refractivity contribution in [3.8, 4) is 11.1 Å². The second kappa shape index (κ2) is 4.15. The van der Waals surface area contributed by atoms with Gasteiger partial charge < -0.3 is 5.73 Å². The van der Waals surface area contributed by atoms with Gasteiger partial charge in [-0.15, -0.1) is 0 Å². The molecule has 0 aliphatic carbocycles. The summed E-state index contributed by atoms with van der Waals surface area (Å²) in [7, 11) is 0. The fraction of sp³-hybridized carbons (Fsp3) is 0.0625. The Morgan fingerprint density at radius 2 is 1.56 bits per heavy atom. The van der Waals surface area contributed by atoms with Crippen LogP contribution in [0.4, 0.5) is 5.82 Å². The summed E-state index contributed by atoms with van der Waals surface area (Å²) in [6, 6.07) is 18.3. The first kappa shape index (κ1) is 10.8. The Hall–Kier alpha value is -2.35. The van der Waals surface area contributed by atoms with E-state index in [-0.39, 0.29) is 0 Å². The first-order valence-corrected chi connectivity index (χ1v) is 5.97. The Balaban J connectivity index is 2.37. The molecule has 0 spiro atoms. The third kappa shape index (κ3) is 1.63. The van der Waals surface area contributed by atoms with Gasteiger partial charge in [0.1, 0.15) is 5.82 Å². The van der Waals surface area contributed by atoms with E-state index in [1.165, 1.54) is 5.56 Å². The number of hydrogen-bond donors (Lipinski definition) is 1. The number of aryl methyl sites for hydroxylation is 1. The number of fused-ring (bicyclic) bond motifs is 1. The highest BCUT2D eigenvalue weighted by Gasteiger charge is 2.10. The number of anilines is 1. The highest BCUT2D eigenvalue weighted by molar-refractivity contribution is 5.93. The number of aromatic nitrogens is 1. The lowest BCUT2D eigenvalue weighted by atomic mass is 9.98. The zero-order valence-electron chi connectivity index (χ0n) is 10.2. The van der Waals surface area contributed by atoms with Crippen LogP contribution in [0.5, 0.6) is 0 Å². The molecule has 0 saturated heterocycles. The smallest absolute Gasteiger partial charge is 0.132 e. The predicted molar refractivity (Wildman–Crippen MR) is 76.3 cm³/mol. The monoisotopic (exact) mass is 234 g/mol. The molecule has 0 aliphatic heterocycles. The second-order valence-corrected chi connectivity index (χ2v) is 4.38. The molecular formula is C16H14N2. The molecule has 1 heterocycles. The molecule has 0 bridgehead atoms. The van der Waals surface area contributed by atoms with Crippen LogP contribution in [0.15, 0.2) is 54.6 Å². The van der Waals surface area contributed by atoms with Crippen molar-refractivity contribution in [3.05, 3.63) is 60.2 Å². The molecule has 0 radical (unpaired) electrons. The fourth-order valence-corrected chi connectivity index (χ4v) is 2.37. The lowest BCUT2D eigenvalue weighted by Gasteiger charge is -2.12. The standard InChI is InChI=1S/C16H14N2/c1-11-13-9-5-6-10-14(13)18-16(17)15(11)12-7-3-2-4-8-12/h2-10H,1H3,(H2,17,18). The molecule has 2 nitrogen and oxygen atoms in total. The topological polar surface area (TPSA) is 38.9 Å². The van der Waals surface area contributed by atoms with Crippen LogP contribution in [-0.4, -0.2) is 4.98 Å². The number of para-hydroxylation sites is 1. The SMILES string of the molecule is Cc1c(-c2ccccc2)c(N)nc2ccccc12. The summed E-state index contributed by atoms with van der Waals surface area (Å²) in [5.41, 5.74) is 10.4. The number of rotatable bonds is 1. The van der Waals surface area contributed by atoms with Gasteiger partial charge in [0.15, 0.2) is 0 Å². The van der Waals surface area contributed by atoms with Crippen LogP contribution in [0.25, 0.3) is 22.0 Å². The van der Waals surface area contributed by atoms with Crippen molar-refractivity contribution in [3.63, 3.8) is 0 Å². The molecular weight excluding hydrogens is 220 g/mol. The summed E-state index contributed by atoms with van der Waals surface area (Å²) < 4.78 is 0. The van der Waals surface area contributed by atoms with Crippen LogP contribution < -0.4 is 5.73 Å². The zero-order valence-corrected chi connectivity index (χ0v) is 10.2. The van der Waals surface area contributed by atoms with Crippen molar-refractivity contribution in [1.29, 1.82) is 0 Å². The Morgan fingerprint density at radius 3 is 2.33 bits per heavy atom. The van der Waals surface area contributed by atoms with Crippen LogP contribution in [0.3, 0.4) is 0 Å². The van der Waals surface area contributed by atoms with E-state index in [1.807, 2.05) is 36.4 Å². The molecule has 3 rings (SSSR count). The largest absolute Gasteiger partial charge is 0.383 e. The Morgan fingerprint density at radius 1 is 0.889 bits per heavy atom. The summed E-state index contributed by atoms with van der Waals surface area (Å²) in [5.74, 6) is 0.595. The molecule has 3 aromatic rings. The van der Waals surface area contributed by atoms with Gasteiger partial charge in [-0.1, -0.05) is 48.5 Å². The van der Waals surface area contributed by atoms with Gasteiger partial charge in [0.2, 0.25) is 0 Å². The highest BCUT2D eigenvalue weighted by atomic mass is 14.8. The van der Waals surface area contributed by atoms with E-state index in [0.717, 1.165) is 22.0 Å². The Bertz CT molecular complexity index is 703. The molecule has 18 heavy (non-hydrogen) atoms. The third-order valence-corrected chi connectivity index (χ3v) is 3.24. The molecule has 2 N–H and O–H groups in total. The maximum Gasteiger partial charge on any atom is 0.132 e. The van der Waals surface area contributed by atoms with Crippen molar-refractivity contribution < 1.29 is 0 Å². The average Bonchev–Trinajstić information content (AvgIpc) is 2.40. The highest BCUT2D eigenvalue weighted by Crippen LogP contribution is 2.32. The summed E-state index contributed by atoms with van der Waals surface area (Å²) in [6.45, 7) is 2.10. The first-order chi connectivity index (χ1) is 8.77. The average molecular weight is 234 g/mol. The van der Waals surface area contributed by atoms with Crippen molar-refractivity contribution >= 4 is 16.7 Å². The van der Waals surface area contributed by atoms with Crippen molar-refractivity contribution in [1.82, 2.24) is 4.98 Å². The van der Waals surface area contributed by atoms with E-state index in [2.05, 4.69) is 30.1 Å². The van der Waals surface area contributed by atoms with E-state index in [9.17, 15) is 0 Å². The molecule has 88 valence electrons. The van der Waals surface area contributed by atoms with Gasteiger partial charge in [-0.25, -0.2) is 4.98 Å². The normalized spacial score (nSPS) is 10.7. The van der Waals surface area contributed by atoms with Gasteiger partial charge in [0.05, 0.1) is 5.52 Å². The maximum absolute atomic E-state index is 6.11. The predicted octanol–water partition coefficient (Wildman–Crippen LogP) is 3.79. The van der Waals surface area contributed by atoms with Crippen molar-refractivity contribution in [2.45, 2.75) is 6.92 Å². The van der Waals surface area contributed by atoms with Crippen LogP contribution >= 0.6 is 0 Å². The number of nitrogen functional groups attached to an aromatic ring is 1. The van der Waals surface area contributed by atoms with E-state index < -0.39 is 0 Å². The molecule has 0 fully saturated rings. The number of pyridine rings is 1. The quantitative estimate of drug-likeness (QED) is 0.695. The lowest BCUT2D eigenvalue weighted by molar-refractivity contribution is 1.37. The van der Waals surface area contributed by atoms with Crippen molar-refractivity contribution in [2.24, 2.45) is 0 Å². The first-order valence-electron chi connectivity index (χ1n) is 5.97. The Labute approximate surface area is 106 Å². The van der Waals surface area contributed by atoms with E-state index in [4.69, 9.17) is 5.73 Å². The number of nitrogens with zero attached hydrogens (tertiary/aromatic N) is 1. The van der Waals surface area contributed by atoms with Crippen molar-refractivity contribution in [2.75, 3.05) is 5.73 Å². The summed E-state index contributed by atoms with van der Waals surface area (Å²) in [6.07, 6.45) is 0. The van der Waals surface area contributed by atoms with Crippen LogP contribution in [0, 0.1) is 6.92 Å². The van der Waals surface area contributed by atoms with Gasteiger partial charge in [-0.2, -0.15) is 0 Å². The van der Waals surface area contributed by atoms with Crippen LogP contribution in [0.2, 0.25) is 0 Å². The molecule has 0 atom stereocenters. The molecule has 2 aromatic carbocycles. The number of nitrogens with two attached hydrogens (primary N) is 1.